The fraction of sp³-hybridized carbons (Fsp3) is 0.500. The Morgan fingerprint density at radius 3 is 2.47 bits per heavy atom. The minimum absolute atomic E-state index is 0.676. The molecular weight excluding hydrogens is 208 g/mol. The molecule has 1 aromatic carbocycles. The van der Waals surface area contributed by atoms with Crippen molar-refractivity contribution >= 4 is 11.8 Å². The van der Waals surface area contributed by atoms with Gasteiger partial charge < -0.3 is 9.47 Å². The Morgan fingerprint density at radius 2 is 1.80 bits per heavy atom. The summed E-state index contributed by atoms with van der Waals surface area (Å²) in [7, 11) is 1.68. The van der Waals surface area contributed by atoms with E-state index in [-0.39, 0.29) is 0 Å². The number of hydrogen-bond donors (Lipinski definition) is 0. The maximum atomic E-state index is 5.37. The molecule has 84 valence electrons. The van der Waals surface area contributed by atoms with Gasteiger partial charge in [-0.05, 0) is 19.1 Å². The molecule has 2 nitrogen and oxygen atoms in total. The summed E-state index contributed by atoms with van der Waals surface area (Å²) in [6.45, 7) is 4.24. The van der Waals surface area contributed by atoms with Crippen molar-refractivity contribution in [1.82, 2.24) is 0 Å². The fourth-order valence-corrected chi connectivity index (χ4v) is 1.86. The number of thioether (sulfide) groups is 1. The summed E-state index contributed by atoms with van der Waals surface area (Å²) < 4.78 is 10.3. The highest BCUT2D eigenvalue weighted by molar-refractivity contribution is 7.99. The highest BCUT2D eigenvalue weighted by Crippen LogP contribution is 2.17. The van der Waals surface area contributed by atoms with Crippen LogP contribution in [0.25, 0.3) is 0 Å². The van der Waals surface area contributed by atoms with Crippen LogP contribution in [0.5, 0.6) is 0 Å². The molecule has 0 radical (unpaired) electrons. The molecule has 0 N–H and O–H groups in total. The van der Waals surface area contributed by atoms with Crippen molar-refractivity contribution in [3.63, 3.8) is 0 Å². The van der Waals surface area contributed by atoms with Gasteiger partial charge >= 0.3 is 0 Å². The molecule has 0 fully saturated rings. The fourth-order valence-electron chi connectivity index (χ4n) is 1.10. The lowest BCUT2D eigenvalue weighted by Crippen LogP contribution is -2.04. The molecule has 3 heteroatoms. The number of hydrogen-bond acceptors (Lipinski definition) is 3. The number of aryl methyl sites for hydroxylation is 1. The van der Waals surface area contributed by atoms with E-state index in [0.29, 0.717) is 13.2 Å². The molecule has 0 amide bonds. The Kier molecular flexibility index (Phi) is 6.48. The first-order valence-corrected chi connectivity index (χ1v) is 6.07. The van der Waals surface area contributed by atoms with Gasteiger partial charge in [-0.25, -0.2) is 0 Å². The van der Waals surface area contributed by atoms with Crippen LogP contribution in [-0.4, -0.2) is 32.7 Å². The summed E-state index contributed by atoms with van der Waals surface area (Å²) in [4.78, 5) is 1.30. The zero-order valence-electron chi connectivity index (χ0n) is 9.36. The second-order valence-corrected chi connectivity index (χ2v) is 4.44. The number of methoxy groups -OCH3 is 1. The molecule has 1 aromatic rings. The standard InChI is InChI=1S/C12H18O2S/c1-11-3-5-12(6-4-11)15-10-9-14-8-7-13-2/h3-6H,7-10H2,1-2H3. The van der Waals surface area contributed by atoms with E-state index < -0.39 is 0 Å². The zero-order chi connectivity index (χ0) is 10.9. The van der Waals surface area contributed by atoms with E-state index >= 15 is 0 Å². The SMILES string of the molecule is COCCOCCSc1ccc(C)cc1. The summed E-state index contributed by atoms with van der Waals surface area (Å²) in [6.07, 6.45) is 0. The average Bonchev–Trinajstić information content (AvgIpc) is 2.26. The summed E-state index contributed by atoms with van der Waals surface area (Å²) in [6, 6.07) is 8.56. The third kappa shape index (κ3) is 5.82. The van der Waals surface area contributed by atoms with Gasteiger partial charge in [0.1, 0.15) is 0 Å². The van der Waals surface area contributed by atoms with Crippen LogP contribution in [0.2, 0.25) is 0 Å². The molecule has 0 aliphatic heterocycles. The molecule has 0 spiro atoms. The molecule has 0 unspecified atom stereocenters. The van der Waals surface area contributed by atoms with Crippen molar-refractivity contribution in [2.45, 2.75) is 11.8 Å². The van der Waals surface area contributed by atoms with Gasteiger partial charge in [0.25, 0.3) is 0 Å². The van der Waals surface area contributed by atoms with E-state index in [4.69, 9.17) is 9.47 Å². The van der Waals surface area contributed by atoms with Crippen molar-refractivity contribution in [2.24, 2.45) is 0 Å². The minimum atomic E-state index is 0.676. The van der Waals surface area contributed by atoms with Gasteiger partial charge in [-0.2, -0.15) is 0 Å². The third-order valence-corrected chi connectivity index (χ3v) is 2.93. The molecular formula is C12H18O2S. The molecule has 15 heavy (non-hydrogen) atoms. The van der Waals surface area contributed by atoms with Gasteiger partial charge in [0.15, 0.2) is 0 Å². The summed E-state index contributed by atoms with van der Waals surface area (Å²) >= 11 is 1.82. The highest BCUT2D eigenvalue weighted by Gasteiger charge is 1.93. The van der Waals surface area contributed by atoms with Gasteiger partial charge in [0, 0.05) is 17.8 Å². The lowest BCUT2D eigenvalue weighted by Gasteiger charge is -2.03. The molecule has 0 atom stereocenters. The lowest BCUT2D eigenvalue weighted by molar-refractivity contribution is 0.0790. The van der Waals surface area contributed by atoms with Crippen LogP contribution in [0.3, 0.4) is 0 Å². The monoisotopic (exact) mass is 226 g/mol. The Bertz CT molecular complexity index is 259. The lowest BCUT2D eigenvalue weighted by atomic mass is 10.2. The van der Waals surface area contributed by atoms with Crippen LogP contribution >= 0.6 is 11.8 Å². The molecule has 1 rings (SSSR count). The first-order chi connectivity index (χ1) is 7.33. The number of rotatable bonds is 7. The molecule has 0 saturated carbocycles. The van der Waals surface area contributed by atoms with Crippen LogP contribution < -0.4 is 0 Å². The van der Waals surface area contributed by atoms with Gasteiger partial charge in [-0.1, -0.05) is 17.7 Å². The average molecular weight is 226 g/mol. The topological polar surface area (TPSA) is 18.5 Å². The van der Waals surface area contributed by atoms with Crippen molar-refractivity contribution in [1.29, 1.82) is 0 Å². The van der Waals surface area contributed by atoms with E-state index in [1.54, 1.807) is 7.11 Å². The Hall–Kier alpha value is -0.510. The third-order valence-electron chi connectivity index (χ3n) is 1.95. The van der Waals surface area contributed by atoms with E-state index in [2.05, 4.69) is 31.2 Å². The first kappa shape index (κ1) is 12.6. The van der Waals surface area contributed by atoms with Crippen LogP contribution in [0.1, 0.15) is 5.56 Å². The Morgan fingerprint density at radius 1 is 1.07 bits per heavy atom. The van der Waals surface area contributed by atoms with Gasteiger partial charge in [0.2, 0.25) is 0 Å². The Balaban J connectivity index is 2.07. The second kappa shape index (κ2) is 7.74. The predicted molar refractivity (Wildman–Crippen MR) is 64.6 cm³/mol. The normalized spacial score (nSPS) is 10.5. The van der Waals surface area contributed by atoms with Gasteiger partial charge in [-0.3, -0.25) is 0 Å². The molecule has 0 bridgehead atoms. The van der Waals surface area contributed by atoms with Crippen molar-refractivity contribution in [2.75, 3.05) is 32.7 Å². The van der Waals surface area contributed by atoms with Crippen LogP contribution in [0, 0.1) is 6.92 Å². The minimum Gasteiger partial charge on any atom is -0.382 e. The summed E-state index contributed by atoms with van der Waals surface area (Å²) in [5, 5.41) is 0. The molecule has 0 saturated heterocycles. The molecule has 0 aliphatic carbocycles. The van der Waals surface area contributed by atoms with Crippen LogP contribution in [0.4, 0.5) is 0 Å². The maximum absolute atomic E-state index is 5.37. The summed E-state index contributed by atoms with van der Waals surface area (Å²) in [5.41, 5.74) is 1.30. The summed E-state index contributed by atoms with van der Waals surface area (Å²) in [5.74, 6) is 0.993. The van der Waals surface area contributed by atoms with Gasteiger partial charge in [-0.15, -0.1) is 11.8 Å². The Labute approximate surface area is 96.0 Å². The predicted octanol–water partition coefficient (Wildman–Crippen LogP) is 2.75. The zero-order valence-corrected chi connectivity index (χ0v) is 10.2. The molecule has 0 aliphatic rings. The van der Waals surface area contributed by atoms with E-state index in [0.717, 1.165) is 12.4 Å². The smallest absolute Gasteiger partial charge is 0.0700 e. The van der Waals surface area contributed by atoms with Crippen LogP contribution in [-0.2, 0) is 9.47 Å². The van der Waals surface area contributed by atoms with Crippen molar-refractivity contribution in [3.8, 4) is 0 Å². The van der Waals surface area contributed by atoms with Crippen LogP contribution in [0.15, 0.2) is 29.2 Å². The van der Waals surface area contributed by atoms with E-state index in [1.807, 2.05) is 11.8 Å². The van der Waals surface area contributed by atoms with E-state index in [1.165, 1.54) is 10.5 Å². The number of benzene rings is 1. The largest absolute Gasteiger partial charge is 0.382 e. The quantitative estimate of drug-likeness (QED) is 0.526. The molecule has 0 aromatic heterocycles. The van der Waals surface area contributed by atoms with E-state index in [9.17, 15) is 0 Å². The maximum Gasteiger partial charge on any atom is 0.0700 e. The molecule has 0 heterocycles. The van der Waals surface area contributed by atoms with Gasteiger partial charge in [0.05, 0.1) is 19.8 Å². The first-order valence-electron chi connectivity index (χ1n) is 5.09. The van der Waals surface area contributed by atoms with Crippen molar-refractivity contribution < 1.29 is 9.47 Å². The highest BCUT2D eigenvalue weighted by atomic mass is 32.2. The number of ether oxygens (including phenoxy) is 2. The second-order valence-electron chi connectivity index (χ2n) is 3.27. The van der Waals surface area contributed by atoms with Crippen molar-refractivity contribution in [3.05, 3.63) is 29.8 Å².